The first-order chi connectivity index (χ1) is 15.7. The average molecular weight is 433 g/mol. The Morgan fingerprint density at radius 3 is 2.47 bits per heavy atom. The fourth-order valence-corrected chi connectivity index (χ4v) is 4.72. The monoisotopic (exact) mass is 432 g/mol. The molecule has 0 saturated carbocycles. The molecule has 0 aliphatic carbocycles. The van der Waals surface area contributed by atoms with Gasteiger partial charge in [0.05, 0.1) is 17.3 Å². The van der Waals surface area contributed by atoms with Crippen LogP contribution >= 0.6 is 0 Å². The summed E-state index contributed by atoms with van der Waals surface area (Å²) < 4.78 is 7.40. The van der Waals surface area contributed by atoms with Crippen LogP contribution in [0.1, 0.15) is 47.5 Å². The molecule has 0 radical (unpaired) electrons. The minimum Gasteiger partial charge on any atom is -0.484 e. The molecule has 1 aromatic carbocycles. The van der Waals surface area contributed by atoms with Gasteiger partial charge >= 0.3 is 0 Å². The number of para-hydroxylation sites is 1. The molecule has 2 aliphatic heterocycles. The lowest BCUT2D eigenvalue weighted by Gasteiger charge is -2.32. The van der Waals surface area contributed by atoms with E-state index in [1.807, 2.05) is 46.3 Å². The van der Waals surface area contributed by atoms with E-state index in [0.29, 0.717) is 30.3 Å². The lowest BCUT2D eigenvalue weighted by atomic mass is 9.89. The van der Waals surface area contributed by atoms with Crippen LogP contribution in [0.3, 0.4) is 0 Å². The first-order valence-corrected chi connectivity index (χ1v) is 11.4. The van der Waals surface area contributed by atoms with Crippen LogP contribution in [0.4, 0.5) is 0 Å². The molecule has 2 aliphatic rings. The molecule has 0 unspecified atom stereocenters. The van der Waals surface area contributed by atoms with E-state index in [2.05, 4.69) is 17.2 Å². The summed E-state index contributed by atoms with van der Waals surface area (Å²) >= 11 is 0. The van der Waals surface area contributed by atoms with Crippen LogP contribution in [0.15, 0.2) is 54.9 Å². The molecule has 4 heterocycles. The van der Waals surface area contributed by atoms with E-state index in [1.165, 1.54) is 5.56 Å². The maximum absolute atomic E-state index is 12.9. The number of nitrogens with zero attached hydrogens (tertiary/aromatic N) is 4. The normalized spacial score (nSPS) is 17.1. The summed E-state index contributed by atoms with van der Waals surface area (Å²) in [5.74, 6) is 1.18. The number of hydrogen-bond acceptors (Lipinski definition) is 4. The molecule has 5 rings (SSSR count). The van der Waals surface area contributed by atoms with Gasteiger partial charge in [0.15, 0.2) is 6.61 Å². The largest absolute Gasteiger partial charge is 0.484 e. The maximum atomic E-state index is 12.9. The van der Waals surface area contributed by atoms with Crippen molar-refractivity contribution in [1.82, 2.24) is 19.4 Å². The molecule has 2 amide bonds. The molecule has 2 aromatic heterocycles. The number of pyridine rings is 1. The highest BCUT2D eigenvalue weighted by Crippen LogP contribution is 2.30. The van der Waals surface area contributed by atoms with E-state index in [-0.39, 0.29) is 18.4 Å². The number of ether oxygens (including phenoxy) is 1. The fraction of sp³-hybridized carbons (Fsp3) is 0.400. The minimum atomic E-state index is 0.0250. The van der Waals surface area contributed by atoms with Gasteiger partial charge in [-0.1, -0.05) is 18.2 Å². The third-order valence-electron chi connectivity index (χ3n) is 6.59. The zero-order chi connectivity index (χ0) is 21.9. The smallest absolute Gasteiger partial charge is 0.260 e. The first-order valence-electron chi connectivity index (χ1n) is 11.4. The molecular formula is C25H28N4O3. The molecule has 166 valence electrons. The van der Waals surface area contributed by atoms with Crippen molar-refractivity contribution in [2.24, 2.45) is 0 Å². The van der Waals surface area contributed by atoms with Crippen LogP contribution in [-0.2, 0) is 4.79 Å². The third kappa shape index (κ3) is 4.20. The molecule has 3 aromatic rings. The van der Waals surface area contributed by atoms with Crippen molar-refractivity contribution < 1.29 is 14.3 Å². The second-order valence-corrected chi connectivity index (χ2v) is 8.60. The van der Waals surface area contributed by atoms with Crippen LogP contribution in [0.25, 0.3) is 5.52 Å². The minimum absolute atomic E-state index is 0.0250. The van der Waals surface area contributed by atoms with Crippen molar-refractivity contribution in [3.63, 3.8) is 0 Å². The molecule has 7 nitrogen and oxygen atoms in total. The highest BCUT2D eigenvalue weighted by atomic mass is 16.5. The number of likely N-dealkylation sites (tertiary alicyclic amines) is 2. The van der Waals surface area contributed by atoms with Gasteiger partial charge in [-0.2, -0.15) is 5.10 Å². The standard InChI is InChI=1S/C25H28N4O3/c30-24(18-32-21-6-2-1-3-7-21)27-13-8-19(9-14-27)20-10-15-29-23(16-20)22(17-26-29)25(31)28-11-4-5-12-28/h1-3,6-7,10,15-17,19H,4-5,8-9,11-14,18H2. The fourth-order valence-electron chi connectivity index (χ4n) is 4.72. The van der Waals surface area contributed by atoms with Crippen LogP contribution in [0.2, 0.25) is 0 Å². The van der Waals surface area contributed by atoms with Crippen LogP contribution in [0, 0.1) is 0 Å². The van der Waals surface area contributed by atoms with Crippen LogP contribution < -0.4 is 4.74 Å². The number of aromatic nitrogens is 2. The zero-order valence-corrected chi connectivity index (χ0v) is 18.2. The summed E-state index contributed by atoms with van der Waals surface area (Å²) in [7, 11) is 0. The summed E-state index contributed by atoms with van der Waals surface area (Å²) in [6.07, 6.45) is 7.58. The van der Waals surface area contributed by atoms with Crippen molar-refractivity contribution >= 4 is 17.3 Å². The van der Waals surface area contributed by atoms with Crippen molar-refractivity contribution in [1.29, 1.82) is 0 Å². The van der Waals surface area contributed by atoms with Crippen molar-refractivity contribution in [2.75, 3.05) is 32.8 Å². The number of hydrogen-bond donors (Lipinski definition) is 0. The van der Waals surface area contributed by atoms with Crippen molar-refractivity contribution in [2.45, 2.75) is 31.6 Å². The number of fused-ring (bicyclic) bond motifs is 1. The van der Waals surface area contributed by atoms with E-state index < -0.39 is 0 Å². The first kappa shape index (κ1) is 20.5. The highest BCUT2D eigenvalue weighted by Gasteiger charge is 2.26. The van der Waals surface area contributed by atoms with Gasteiger partial charge in [-0.05, 0) is 61.4 Å². The third-order valence-corrected chi connectivity index (χ3v) is 6.59. The van der Waals surface area contributed by atoms with Gasteiger partial charge in [0.25, 0.3) is 11.8 Å². The molecule has 2 fully saturated rings. The number of carbonyl (C=O) groups excluding carboxylic acids is 2. The summed E-state index contributed by atoms with van der Waals surface area (Å²) in [6.45, 7) is 3.16. The maximum Gasteiger partial charge on any atom is 0.260 e. The Kier molecular flexibility index (Phi) is 5.79. The zero-order valence-electron chi connectivity index (χ0n) is 18.2. The quantitative estimate of drug-likeness (QED) is 0.620. The summed E-state index contributed by atoms with van der Waals surface area (Å²) in [4.78, 5) is 29.3. The lowest BCUT2D eigenvalue weighted by Crippen LogP contribution is -2.40. The summed E-state index contributed by atoms with van der Waals surface area (Å²) in [6, 6.07) is 13.6. The molecule has 0 atom stereocenters. The van der Waals surface area contributed by atoms with Gasteiger partial charge in [0.1, 0.15) is 5.75 Å². The molecular weight excluding hydrogens is 404 g/mol. The van der Waals surface area contributed by atoms with Gasteiger partial charge in [-0.15, -0.1) is 0 Å². The highest BCUT2D eigenvalue weighted by molar-refractivity contribution is 6.00. The second-order valence-electron chi connectivity index (χ2n) is 8.60. The van der Waals surface area contributed by atoms with E-state index >= 15 is 0 Å². The Bertz CT molecular complexity index is 1100. The Labute approximate surface area is 187 Å². The number of benzene rings is 1. The number of amides is 2. The topological polar surface area (TPSA) is 67.2 Å². The Morgan fingerprint density at radius 1 is 0.969 bits per heavy atom. The average Bonchev–Trinajstić information content (AvgIpc) is 3.53. The van der Waals surface area contributed by atoms with Gasteiger partial charge < -0.3 is 14.5 Å². The Hall–Kier alpha value is -3.35. The molecule has 2 saturated heterocycles. The van der Waals surface area contributed by atoms with Gasteiger partial charge in [0.2, 0.25) is 0 Å². The molecule has 0 N–H and O–H groups in total. The van der Waals surface area contributed by atoms with E-state index in [9.17, 15) is 9.59 Å². The molecule has 7 heteroatoms. The Morgan fingerprint density at radius 2 is 1.72 bits per heavy atom. The van der Waals surface area contributed by atoms with Gasteiger partial charge in [0, 0.05) is 32.4 Å². The number of rotatable bonds is 5. The van der Waals surface area contributed by atoms with Crippen LogP contribution in [-0.4, -0.2) is 64.0 Å². The Balaban J connectivity index is 1.22. The van der Waals surface area contributed by atoms with Gasteiger partial charge in [-0.3, -0.25) is 9.59 Å². The second kappa shape index (κ2) is 9.02. The van der Waals surface area contributed by atoms with Crippen LogP contribution in [0.5, 0.6) is 5.75 Å². The molecule has 0 bridgehead atoms. The SMILES string of the molecule is O=C(COc1ccccc1)N1CCC(c2ccn3ncc(C(=O)N4CCCC4)c3c2)CC1. The number of carbonyl (C=O) groups is 2. The van der Waals surface area contributed by atoms with E-state index in [1.54, 1.807) is 10.7 Å². The van der Waals surface area contributed by atoms with Crippen molar-refractivity contribution in [3.8, 4) is 5.75 Å². The van der Waals surface area contributed by atoms with Crippen molar-refractivity contribution in [3.05, 3.63) is 66.0 Å². The predicted molar refractivity (Wildman–Crippen MR) is 121 cm³/mol. The van der Waals surface area contributed by atoms with E-state index in [4.69, 9.17) is 4.74 Å². The molecule has 32 heavy (non-hydrogen) atoms. The predicted octanol–water partition coefficient (Wildman–Crippen LogP) is 3.36. The molecule has 0 spiro atoms. The lowest BCUT2D eigenvalue weighted by molar-refractivity contribution is -0.134. The number of piperidine rings is 1. The van der Waals surface area contributed by atoms with E-state index in [0.717, 1.165) is 44.3 Å². The summed E-state index contributed by atoms with van der Waals surface area (Å²) in [5, 5.41) is 4.38. The van der Waals surface area contributed by atoms with Gasteiger partial charge in [-0.25, -0.2) is 4.52 Å². The summed E-state index contributed by atoms with van der Waals surface area (Å²) in [5.41, 5.74) is 2.76.